The molecule has 2 aromatic rings. The highest BCUT2D eigenvalue weighted by molar-refractivity contribution is 8.03. The number of carbonyl (C=O) groups is 2. The van der Waals surface area contributed by atoms with E-state index >= 15 is 0 Å². The Morgan fingerprint density at radius 2 is 1.85 bits per heavy atom. The van der Waals surface area contributed by atoms with Crippen LogP contribution < -0.4 is 4.74 Å². The van der Waals surface area contributed by atoms with Gasteiger partial charge in [-0.2, -0.15) is 5.26 Å². The molecule has 0 spiro atoms. The van der Waals surface area contributed by atoms with Crippen LogP contribution in [0.1, 0.15) is 32.4 Å². The quantitative estimate of drug-likeness (QED) is 0.348. The van der Waals surface area contributed by atoms with Gasteiger partial charge < -0.3 is 14.2 Å². The molecule has 1 aliphatic rings. The Bertz CT molecular complexity index is 1070. The summed E-state index contributed by atoms with van der Waals surface area (Å²) in [7, 11) is 0. The number of esters is 2. The summed E-state index contributed by atoms with van der Waals surface area (Å²) in [5.41, 5.74) is 0.143. The molecule has 6 nitrogen and oxygen atoms in total. The molecule has 2 aromatic carbocycles. The van der Waals surface area contributed by atoms with Gasteiger partial charge in [0.1, 0.15) is 17.6 Å². The van der Waals surface area contributed by atoms with Crippen molar-refractivity contribution in [2.24, 2.45) is 17.3 Å². The van der Waals surface area contributed by atoms with Gasteiger partial charge in [-0.15, -0.1) is 11.8 Å². The van der Waals surface area contributed by atoms with E-state index < -0.39 is 24.0 Å². The van der Waals surface area contributed by atoms with Crippen molar-refractivity contribution in [3.05, 3.63) is 71.1 Å². The summed E-state index contributed by atoms with van der Waals surface area (Å²) in [5, 5.41) is 9.68. The van der Waals surface area contributed by atoms with E-state index in [0.29, 0.717) is 22.0 Å². The van der Waals surface area contributed by atoms with Gasteiger partial charge in [0.2, 0.25) is 6.10 Å². The number of hydrogen-bond acceptors (Lipinski definition) is 7. The molecule has 3 atom stereocenters. The molecule has 0 unspecified atom stereocenters. The minimum atomic E-state index is -1.07. The van der Waals surface area contributed by atoms with Crippen LogP contribution in [0.3, 0.4) is 0 Å². The first-order chi connectivity index (χ1) is 15.8. The topological polar surface area (TPSA) is 85.6 Å². The number of benzene rings is 2. The number of thioether (sulfide) groups is 1. The predicted octanol–water partition coefficient (Wildman–Crippen LogP) is 5.67. The third kappa shape index (κ3) is 5.77. The van der Waals surface area contributed by atoms with Crippen LogP contribution in [-0.4, -0.2) is 24.8 Å². The average molecular weight is 466 g/mol. The zero-order valence-electron chi connectivity index (χ0n) is 19.1. The second-order valence-corrected chi connectivity index (χ2v) is 9.06. The first-order valence-corrected chi connectivity index (χ1v) is 11.9. The monoisotopic (exact) mass is 465 g/mol. The molecule has 0 bridgehead atoms. The fourth-order valence-electron chi connectivity index (χ4n) is 3.75. The van der Waals surface area contributed by atoms with Crippen LogP contribution in [-0.2, 0) is 19.1 Å². The minimum absolute atomic E-state index is 0.177. The van der Waals surface area contributed by atoms with Crippen LogP contribution in [0.4, 0.5) is 0 Å². The zero-order chi connectivity index (χ0) is 24.0. The summed E-state index contributed by atoms with van der Waals surface area (Å²) in [4.78, 5) is 25.5. The van der Waals surface area contributed by atoms with E-state index in [-0.39, 0.29) is 17.9 Å². The van der Waals surface area contributed by atoms with E-state index in [1.165, 1.54) is 11.8 Å². The van der Waals surface area contributed by atoms with Gasteiger partial charge in [0.25, 0.3) is 0 Å². The standard InChI is InChI=1S/C26H27NO5S/c1-5-30-24(28)22(33-4)15-20-23(26(20,2)3)25(29)32-21(16-27)17-10-9-13-19(14-17)31-18-11-7-6-8-12-18/h6-15,20-21,23H,5H2,1-4H3/t20-,21+,23-/m0/s1. The Morgan fingerprint density at radius 1 is 1.15 bits per heavy atom. The molecule has 0 radical (unpaired) electrons. The average Bonchev–Trinajstić information content (AvgIpc) is 3.36. The molecule has 7 heteroatoms. The number of carbonyl (C=O) groups excluding carboxylic acids is 2. The lowest BCUT2D eigenvalue weighted by Crippen LogP contribution is -2.14. The van der Waals surface area contributed by atoms with E-state index in [2.05, 4.69) is 6.07 Å². The second-order valence-electron chi connectivity index (χ2n) is 8.21. The van der Waals surface area contributed by atoms with Gasteiger partial charge in [-0.05, 0) is 48.8 Å². The number of nitrogens with zero attached hydrogens (tertiary/aromatic N) is 1. The fraction of sp³-hybridized carbons (Fsp3) is 0.346. The third-order valence-electron chi connectivity index (χ3n) is 5.68. The number of para-hydroxylation sites is 1. The molecular formula is C26H27NO5S. The van der Waals surface area contributed by atoms with E-state index in [0.717, 1.165) is 0 Å². The van der Waals surface area contributed by atoms with Crippen molar-refractivity contribution >= 4 is 23.7 Å². The van der Waals surface area contributed by atoms with Gasteiger partial charge in [-0.3, -0.25) is 4.79 Å². The Hall–Kier alpha value is -3.24. The van der Waals surface area contributed by atoms with Gasteiger partial charge in [-0.1, -0.05) is 50.3 Å². The third-order valence-corrected chi connectivity index (χ3v) is 6.43. The van der Waals surface area contributed by atoms with E-state index in [4.69, 9.17) is 14.2 Å². The van der Waals surface area contributed by atoms with E-state index in [9.17, 15) is 14.9 Å². The number of nitriles is 1. The predicted molar refractivity (Wildman–Crippen MR) is 126 cm³/mol. The number of hydrogen-bond donors (Lipinski definition) is 0. The van der Waals surface area contributed by atoms with Gasteiger partial charge >= 0.3 is 11.9 Å². The number of allylic oxidation sites excluding steroid dienone is 1. The molecule has 0 saturated heterocycles. The Labute approximate surface area is 198 Å². The highest BCUT2D eigenvalue weighted by Gasteiger charge is 2.62. The first-order valence-electron chi connectivity index (χ1n) is 10.7. The van der Waals surface area contributed by atoms with Gasteiger partial charge in [0, 0.05) is 5.56 Å². The van der Waals surface area contributed by atoms with Crippen LogP contribution in [0.5, 0.6) is 11.5 Å². The van der Waals surface area contributed by atoms with Gasteiger partial charge in [-0.25, -0.2) is 4.79 Å². The highest BCUT2D eigenvalue weighted by atomic mass is 32.2. The van der Waals surface area contributed by atoms with Crippen molar-refractivity contribution in [2.75, 3.05) is 12.9 Å². The maximum atomic E-state index is 13.0. The molecule has 3 rings (SSSR count). The van der Waals surface area contributed by atoms with Crippen molar-refractivity contribution < 1.29 is 23.8 Å². The maximum absolute atomic E-state index is 13.0. The summed E-state index contributed by atoms with van der Waals surface area (Å²) < 4.78 is 16.5. The van der Waals surface area contributed by atoms with Crippen molar-refractivity contribution in [3.63, 3.8) is 0 Å². The van der Waals surface area contributed by atoms with Gasteiger partial charge in [0.15, 0.2) is 0 Å². The van der Waals surface area contributed by atoms with Crippen LogP contribution in [0.15, 0.2) is 65.6 Å². The molecule has 1 aliphatic carbocycles. The summed E-state index contributed by atoms with van der Waals surface area (Å²) in [6.07, 6.45) is 2.51. The maximum Gasteiger partial charge on any atom is 0.344 e. The lowest BCUT2D eigenvalue weighted by molar-refractivity contribution is -0.149. The summed E-state index contributed by atoms with van der Waals surface area (Å²) >= 11 is 1.29. The normalized spacial score (nSPS) is 19.7. The molecular weight excluding hydrogens is 438 g/mol. The number of rotatable bonds is 9. The summed E-state index contributed by atoms with van der Waals surface area (Å²) in [6.45, 7) is 5.92. The lowest BCUT2D eigenvalue weighted by atomic mass is 10.1. The summed E-state index contributed by atoms with van der Waals surface area (Å²) in [6, 6.07) is 18.3. The number of ether oxygens (including phenoxy) is 3. The van der Waals surface area contributed by atoms with Crippen LogP contribution in [0.25, 0.3) is 0 Å². The van der Waals surface area contributed by atoms with Crippen molar-refractivity contribution in [1.82, 2.24) is 0 Å². The molecule has 0 aromatic heterocycles. The fourth-order valence-corrected chi connectivity index (χ4v) is 4.26. The van der Waals surface area contributed by atoms with Gasteiger partial charge in [0.05, 0.1) is 17.4 Å². The van der Waals surface area contributed by atoms with E-state index in [1.54, 1.807) is 43.5 Å². The van der Waals surface area contributed by atoms with Crippen LogP contribution in [0, 0.1) is 28.6 Å². The smallest absolute Gasteiger partial charge is 0.344 e. The summed E-state index contributed by atoms with van der Waals surface area (Å²) in [5.74, 6) is -0.281. The highest BCUT2D eigenvalue weighted by Crippen LogP contribution is 2.60. The van der Waals surface area contributed by atoms with Crippen molar-refractivity contribution in [2.45, 2.75) is 26.9 Å². The van der Waals surface area contributed by atoms with Crippen LogP contribution in [0.2, 0.25) is 0 Å². The Morgan fingerprint density at radius 3 is 2.48 bits per heavy atom. The molecule has 0 N–H and O–H groups in total. The Kier molecular flexibility index (Phi) is 7.83. The minimum Gasteiger partial charge on any atom is -0.462 e. The second kappa shape index (κ2) is 10.6. The lowest BCUT2D eigenvalue weighted by Gasteiger charge is -2.13. The largest absolute Gasteiger partial charge is 0.462 e. The molecule has 0 heterocycles. The molecule has 172 valence electrons. The molecule has 1 fully saturated rings. The zero-order valence-corrected chi connectivity index (χ0v) is 19.9. The van der Waals surface area contributed by atoms with Crippen molar-refractivity contribution in [1.29, 1.82) is 5.26 Å². The molecule has 0 amide bonds. The van der Waals surface area contributed by atoms with Crippen LogP contribution >= 0.6 is 11.8 Å². The SMILES string of the molecule is CCOC(=O)C(=C[C@H]1[C@@H](C(=O)O[C@H](C#N)c2cccc(Oc3ccccc3)c2)C1(C)C)SC. The molecule has 0 aliphatic heterocycles. The van der Waals surface area contributed by atoms with Crippen molar-refractivity contribution in [3.8, 4) is 17.6 Å². The first kappa shape index (κ1) is 24.4. The molecule has 33 heavy (non-hydrogen) atoms. The van der Waals surface area contributed by atoms with E-state index in [1.807, 2.05) is 44.2 Å². The Balaban J connectivity index is 1.72. The molecule has 1 saturated carbocycles.